The molecule has 1 aliphatic rings. The summed E-state index contributed by atoms with van der Waals surface area (Å²) in [7, 11) is 0. The minimum atomic E-state index is -1.41. The van der Waals surface area contributed by atoms with Gasteiger partial charge in [-0.3, -0.25) is 19.1 Å². The molecule has 0 spiro atoms. The average Bonchev–Trinajstić information content (AvgIpc) is 3.01. The van der Waals surface area contributed by atoms with Crippen molar-refractivity contribution in [1.82, 2.24) is 14.9 Å². The maximum atomic E-state index is 12.1. The van der Waals surface area contributed by atoms with E-state index in [0.29, 0.717) is 0 Å². The van der Waals surface area contributed by atoms with Crippen LogP contribution in [0.15, 0.2) is 21.9 Å². The molecule has 0 unspecified atom stereocenters. The van der Waals surface area contributed by atoms with Crippen molar-refractivity contribution in [3.8, 4) is 0 Å². The Bertz CT molecular complexity index is 890. The number of carbonyl (C=O) groups excluding carboxylic acids is 2. The summed E-state index contributed by atoms with van der Waals surface area (Å²) in [5, 5.41) is 22.1. The van der Waals surface area contributed by atoms with E-state index in [9.17, 15) is 29.4 Å². The summed E-state index contributed by atoms with van der Waals surface area (Å²) in [6.45, 7) is 5.01. The molecule has 13 nitrogen and oxygen atoms in total. The normalized spacial score (nSPS) is 23.0. The van der Waals surface area contributed by atoms with Gasteiger partial charge >= 0.3 is 17.8 Å². The van der Waals surface area contributed by atoms with Gasteiger partial charge in [-0.15, -0.1) is 0 Å². The minimum Gasteiger partial charge on any atom is -0.463 e. The average molecular weight is 459 g/mol. The van der Waals surface area contributed by atoms with Gasteiger partial charge in [0, 0.05) is 18.8 Å². The first-order valence-corrected chi connectivity index (χ1v) is 10.00. The molecule has 1 aromatic rings. The first-order chi connectivity index (χ1) is 15.0. The smallest absolute Gasteiger partial charge is 0.407 e. The van der Waals surface area contributed by atoms with Gasteiger partial charge in [-0.2, -0.15) is 0 Å². The molecule has 13 heteroatoms. The van der Waals surface area contributed by atoms with Crippen LogP contribution in [-0.4, -0.2) is 83.1 Å². The number of rotatable bonds is 9. The lowest BCUT2D eigenvalue weighted by molar-refractivity contribution is -0.154. The van der Waals surface area contributed by atoms with Crippen LogP contribution >= 0.6 is 0 Å². The van der Waals surface area contributed by atoms with Crippen LogP contribution in [0.4, 0.5) is 4.79 Å². The van der Waals surface area contributed by atoms with Crippen molar-refractivity contribution in [2.75, 3.05) is 33.0 Å². The zero-order valence-corrected chi connectivity index (χ0v) is 18.1. The number of esters is 1. The zero-order valence-electron chi connectivity index (χ0n) is 18.1. The van der Waals surface area contributed by atoms with Crippen molar-refractivity contribution in [2.45, 2.75) is 45.3 Å². The lowest BCUT2D eigenvalue weighted by Crippen LogP contribution is -2.42. The third-order valence-electron chi connectivity index (χ3n) is 4.45. The van der Waals surface area contributed by atoms with Gasteiger partial charge in [0.1, 0.15) is 18.8 Å². The molecule has 2 rings (SSSR count). The second-order valence-corrected chi connectivity index (χ2v) is 8.05. The number of aliphatic hydroxyl groups excluding tert-OH is 2. The molecule has 1 saturated heterocycles. The molecule has 0 radical (unpaired) electrons. The zero-order chi connectivity index (χ0) is 23.9. The number of amides is 1. The first kappa shape index (κ1) is 25.5. The summed E-state index contributed by atoms with van der Waals surface area (Å²) < 4.78 is 21.9. The number of nitrogens with zero attached hydrogens (tertiary/aromatic N) is 1. The van der Waals surface area contributed by atoms with E-state index < -0.39 is 53.9 Å². The van der Waals surface area contributed by atoms with Crippen molar-refractivity contribution in [1.29, 1.82) is 0 Å². The second kappa shape index (κ2) is 11.2. The van der Waals surface area contributed by atoms with Crippen LogP contribution in [0.5, 0.6) is 0 Å². The van der Waals surface area contributed by atoms with Crippen LogP contribution in [0.3, 0.4) is 0 Å². The number of ether oxygens (including phenoxy) is 4. The Balaban J connectivity index is 1.81. The third-order valence-corrected chi connectivity index (χ3v) is 4.45. The summed E-state index contributed by atoms with van der Waals surface area (Å²) in [5.41, 5.74) is -2.07. The van der Waals surface area contributed by atoms with Gasteiger partial charge in [0.15, 0.2) is 12.3 Å². The number of aliphatic hydroxyl groups is 2. The van der Waals surface area contributed by atoms with E-state index in [1.165, 1.54) is 0 Å². The molecule has 1 amide bonds. The van der Waals surface area contributed by atoms with Gasteiger partial charge in [-0.05, 0) is 20.8 Å². The Labute approximate surface area is 183 Å². The van der Waals surface area contributed by atoms with Crippen LogP contribution in [0.2, 0.25) is 0 Å². The van der Waals surface area contributed by atoms with Gasteiger partial charge in [-0.1, -0.05) is 0 Å². The first-order valence-electron chi connectivity index (χ1n) is 10.00. The molecular formula is C19H29N3O10. The highest BCUT2D eigenvalue weighted by molar-refractivity contribution is 5.75. The van der Waals surface area contributed by atoms with Crippen LogP contribution in [-0.2, 0) is 23.7 Å². The molecule has 4 atom stereocenters. The molecule has 180 valence electrons. The number of alkyl carbamates (subject to hydrolysis) is 1. The Morgan fingerprint density at radius 3 is 2.59 bits per heavy atom. The fourth-order valence-corrected chi connectivity index (χ4v) is 2.75. The lowest BCUT2D eigenvalue weighted by Gasteiger charge is -2.22. The molecule has 4 N–H and O–H groups in total. The standard InChI is InChI=1S/C19H29N3O10/c1-19(2,3)16(26)30-9-8-29-7-5-20-18(28)32-14-13(25)11(10-23)31-15(14)22-6-4-12(24)21-17(22)27/h4,6,11,13-15,23,25H,5,7-10H2,1-3H3,(H,20,28)(H,21,24,27)/t11-,13-,14-,15-/m1/s1. The van der Waals surface area contributed by atoms with E-state index >= 15 is 0 Å². The summed E-state index contributed by atoms with van der Waals surface area (Å²) in [5.74, 6) is -0.350. The Morgan fingerprint density at radius 2 is 1.97 bits per heavy atom. The van der Waals surface area contributed by atoms with Crippen LogP contribution in [0, 0.1) is 5.41 Å². The Hall–Kier alpha value is -2.74. The van der Waals surface area contributed by atoms with E-state index in [1.807, 2.05) is 4.98 Å². The number of aromatic amines is 1. The molecule has 0 bridgehead atoms. The van der Waals surface area contributed by atoms with E-state index in [4.69, 9.17) is 18.9 Å². The number of carbonyl (C=O) groups is 2. The fourth-order valence-electron chi connectivity index (χ4n) is 2.75. The van der Waals surface area contributed by atoms with Crippen molar-refractivity contribution in [2.24, 2.45) is 5.41 Å². The molecule has 1 aliphatic heterocycles. The summed E-state index contributed by atoms with van der Waals surface area (Å²) in [4.78, 5) is 49.0. The lowest BCUT2D eigenvalue weighted by atomic mass is 9.97. The highest BCUT2D eigenvalue weighted by Gasteiger charge is 2.47. The fraction of sp³-hybridized carbons (Fsp3) is 0.684. The van der Waals surface area contributed by atoms with Gasteiger partial charge in [0.05, 0.1) is 25.2 Å². The quantitative estimate of drug-likeness (QED) is 0.250. The molecule has 0 aromatic carbocycles. The van der Waals surface area contributed by atoms with E-state index in [-0.39, 0.29) is 32.3 Å². The summed E-state index contributed by atoms with van der Waals surface area (Å²) in [6, 6.07) is 1.07. The maximum Gasteiger partial charge on any atom is 0.407 e. The highest BCUT2D eigenvalue weighted by Crippen LogP contribution is 2.30. The molecule has 2 heterocycles. The van der Waals surface area contributed by atoms with Crippen LogP contribution in [0.1, 0.15) is 27.0 Å². The van der Waals surface area contributed by atoms with E-state index in [1.54, 1.807) is 20.8 Å². The van der Waals surface area contributed by atoms with Crippen LogP contribution in [0.25, 0.3) is 0 Å². The monoisotopic (exact) mass is 459 g/mol. The third kappa shape index (κ3) is 6.88. The molecule has 32 heavy (non-hydrogen) atoms. The molecule has 0 aliphatic carbocycles. The maximum absolute atomic E-state index is 12.1. The molecule has 1 aromatic heterocycles. The van der Waals surface area contributed by atoms with Crippen molar-refractivity contribution >= 4 is 12.1 Å². The predicted octanol–water partition coefficient (Wildman–Crippen LogP) is -1.51. The van der Waals surface area contributed by atoms with Crippen LogP contribution < -0.4 is 16.6 Å². The van der Waals surface area contributed by atoms with Gasteiger partial charge in [0.25, 0.3) is 5.56 Å². The van der Waals surface area contributed by atoms with Gasteiger partial charge in [-0.25, -0.2) is 9.59 Å². The van der Waals surface area contributed by atoms with E-state index in [0.717, 1.165) is 16.8 Å². The second-order valence-electron chi connectivity index (χ2n) is 8.05. The molecular weight excluding hydrogens is 430 g/mol. The largest absolute Gasteiger partial charge is 0.463 e. The molecule has 1 fully saturated rings. The minimum absolute atomic E-state index is 0.0580. The molecule has 0 saturated carbocycles. The SMILES string of the molecule is CC(C)(C)C(=O)OCCOCCNC(=O)O[C@@H]1[C@H](O)[C@@H](CO)O[C@H]1n1ccc(=O)[nH]c1=O. The topological polar surface area (TPSA) is 178 Å². The summed E-state index contributed by atoms with van der Waals surface area (Å²) >= 11 is 0. The number of aromatic nitrogens is 2. The number of H-pyrrole nitrogens is 1. The predicted molar refractivity (Wildman–Crippen MR) is 108 cm³/mol. The van der Waals surface area contributed by atoms with Crippen molar-refractivity contribution in [3.05, 3.63) is 33.1 Å². The van der Waals surface area contributed by atoms with E-state index in [2.05, 4.69) is 5.32 Å². The van der Waals surface area contributed by atoms with Gasteiger partial charge in [0.2, 0.25) is 0 Å². The van der Waals surface area contributed by atoms with Gasteiger partial charge < -0.3 is 34.5 Å². The van der Waals surface area contributed by atoms with Crippen molar-refractivity contribution < 1.29 is 38.7 Å². The number of nitrogens with one attached hydrogen (secondary N) is 2. The Morgan fingerprint density at radius 1 is 1.25 bits per heavy atom. The highest BCUT2D eigenvalue weighted by atomic mass is 16.6. The Kier molecular flexibility index (Phi) is 8.95. The number of hydrogen-bond donors (Lipinski definition) is 4. The summed E-state index contributed by atoms with van der Waals surface area (Å²) in [6.07, 6.45) is -4.88. The van der Waals surface area contributed by atoms with Crippen molar-refractivity contribution in [3.63, 3.8) is 0 Å². The number of hydrogen-bond acceptors (Lipinski definition) is 10.